The molecule has 0 spiro atoms. The molecule has 2 N–H and O–H groups in total. The van der Waals surface area contributed by atoms with Crippen LogP contribution in [0.3, 0.4) is 0 Å². The minimum Gasteiger partial charge on any atom is -0.496 e. The van der Waals surface area contributed by atoms with E-state index in [1.54, 1.807) is 38.4 Å². The fourth-order valence-electron chi connectivity index (χ4n) is 6.49. The molecule has 41 heavy (non-hydrogen) atoms. The number of carbonyl (C=O) groups is 2. The number of amides is 2. The van der Waals surface area contributed by atoms with Crippen molar-refractivity contribution in [2.24, 2.45) is 5.92 Å². The zero-order chi connectivity index (χ0) is 28.7. The van der Waals surface area contributed by atoms with Crippen molar-refractivity contribution < 1.29 is 27.9 Å². The Morgan fingerprint density at radius 3 is 2.44 bits per heavy atom. The highest BCUT2D eigenvalue weighted by molar-refractivity contribution is 6.12. The van der Waals surface area contributed by atoms with Crippen LogP contribution in [0.25, 0.3) is 33.4 Å². The highest BCUT2D eigenvalue weighted by Crippen LogP contribution is 2.49. The van der Waals surface area contributed by atoms with Gasteiger partial charge >= 0.3 is 0 Å². The lowest BCUT2D eigenvalue weighted by Gasteiger charge is -2.52. The van der Waals surface area contributed by atoms with E-state index in [2.05, 4.69) is 10.6 Å². The number of methoxy groups -OCH3 is 1. The first-order valence-electron chi connectivity index (χ1n) is 14.1. The molecule has 3 aliphatic carbocycles. The van der Waals surface area contributed by atoms with E-state index in [1.807, 2.05) is 25.1 Å². The van der Waals surface area contributed by atoms with Crippen LogP contribution in [0.15, 0.2) is 59.0 Å². The second kappa shape index (κ2) is 10.6. The number of ether oxygens (including phenoxy) is 2. The summed E-state index contributed by atoms with van der Waals surface area (Å²) in [5.74, 6) is 1.20. The lowest BCUT2D eigenvalue weighted by Crippen LogP contribution is -2.59. The molecule has 0 atom stereocenters. The predicted molar refractivity (Wildman–Crippen MR) is 155 cm³/mol. The van der Waals surface area contributed by atoms with E-state index < -0.39 is 0 Å². The average Bonchev–Trinajstić information content (AvgIpc) is 3.34. The van der Waals surface area contributed by atoms with E-state index in [0.29, 0.717) is 63.0 Å². The first-order chi connectivity index (χ1) is 19.8. The number of fused-ring (bicyclic) bond motifs is 3. The summed E-state index contributed by atoms with van der Waals surface area (Å²) in [5, 5.41) is 6.58. The lowest BCUT2D eigenvalue weighted by molar-refractivity contribution is 0.0372. The number of furan rings is 1. The lowest BCUT2D eigenvalue weighted by atomic mass is 9.59. The van der Waals surface area contributed by atoms with Crippen LogP contribution in [0.4, 0.5) is 4.39 Å². The third-order valence-electron chi connectivity index (χ3n) is 8.41. The molecule has 2 amide bonds. The van der Waals surface area contributed by atoms with Crippen molar-refractivity contribution in [2.45, 2.75) is 44.6 Å². The number of benzene rings is 3. The van der Waals surface area contributed by atoms with Gasteiger partial charge in [-0.1, -0.05) is 18.9 Å². The largest absolute Gasteiger partial charge is 0.496 e. The van der Waals surface area contributed by atoms with E-state index in [0.717, 1.165) is 31.2 Å². The third-order valence-corrected chi connectivity index (χ3v) is 8.41. The maximum Gasteiger partial charge on any atom is 0.255 e. The molecule has 8 heteroatoms. The van der Waals surface area contributed by atoms with Crippen LogP contribution >= 0.6 is 0 Å². The van der Waals surface area contributed by atoms with Gasteiger partial charge in [0.1, 0.15) is 28.7 Å². The molecule has 212 valence electrons. The van der Waals surface area contributed by atoms with Crippen molar-refractivity contribution in [3.8, 4) is 33.9 Å². The molecule has 0 saturated heterocycles. The van der Waals surface area contributed by atoms with Gasteiger partial charge in [-0.3, -0.25) is 9.59 Å². The molecule has 1 aromatic heterocycles. The molecular weight excluding hydrogens is 523 g/mol. The van der Waals surface area contributed by atoms with Gasteiger partial charge in [0, 0.05) is 35.2 Å². The third kappa shape index (κ3) is 4.81. The van der Waals surface area contributed by atoms with Crippen molar-refractivity contribution in [1.82, 2.24) is 10.6 Å². The van der Waals surface area contributed by atoms with E-state index in [1.165, 1.54) is 18.6 Å². The first kappa shape index (κ1) is 26.9. The fourth-order valence-corrected chi connectivity index (χ4v) is 6.49. The van der Waals surface area contributed by atoms with Crippen molar-refractivity contribution in [3.63, 3.8) is 0 Å². The molecule has 1 heterocycles. The highest BCUT2D eigenvalue weighted by atomic mass is 19.1. The van der Waals surface area contributed by atoms with Gasteiger partial charge in [-0.15, -0.1) is 0 Å². The van der Waals surface area contributed by atoms with Crippen molar-refractivity contribution in [2.75, 3.05) is 20.8 Å². The molecule has 3 aliphatic rings. The normalized spacial score (nSPS) is 19.4. The summed E-state index contributed by atoms with van der Waals surface area (Å²) in [6.07, 6.45) is 5.45. The van der Waals surface area contributed by atoms with E-state index in [-0.39, 0.29) is 23.2 Å². The molecule has 0 radical (unpaired) electrons. The molecule has 7 rings (SSSR count). The van der Waals surface area contributed by atoms with Crippen molar-refractivity contribution in [3.05, 3.63) is 71.5 Å². The van der Waals surface area contributed by atoms with Crippen LogP contribution < -0.4 is 20.1 Å². The Balaban J connectivity index is 1.47. The number of carbonyl (C=O) groups excluding carboxylic acids is 2. The summed E-state index contributed by atoms with van der Waals surface area (Å²) in [4.78, 5) is 26.7. The number of rotatable bonds is 8. The van der Waals surface area contributed by atoms with E-state index in [4.69, 9.17) is 13.9 Å². The topological polar surface area (TPSA) is 89.8 Å². The molecule has 4 aromatic rings. The fraction of sp³-hybridized carbons (Fsp3) is 0.333. The molecular formula is C33H33FN2O5. The van der Waals surface area contributed by atoms with Gasteiger partial charge in [0.15, 0.2) is 0 Å². The second-order valence-electron chi connectivity index (χ2n) is 11.0. The summed E-state index contributed by atoms with van der Waals surface area (Å²) < 4.78 is 31.4. The summed E-state index contributed by atoms with van der Waals surface area (Å²) in [6, 6.07) is 14.9. The summed E-state index contributed by atoms with van der Waals surface area (Å²) in [5.41, 5.74) is 3.13. The van der Waals surface area contributed by atoms with Crippen LogP contribution in [0.1, 0.15) is 59.7 Å². The van der Waals surface area contributed by atoms with Crippen LogP contribution in [0.2, 0.25) is 0 Å². The Morgan fingerprint density at radius 2 is 1.78 bits per heavy atom. The minimum absolute atomic E-state index is 0.119. The average molecular weight is 557 g/mol. The van der Waals surface area contributed by atoms with Gasteiger partial charge in [-0.05, 0) is 80.1 Å². The molecule has 3 fully saturated rings. The molecule has 3 saturated carbocycles. The Kier molecular flexibility index (Phi) is 6.93. The molecule has 0 aliphatic heterocycles. The van der Waals surface area contributed by atoms with Crippen molar-refractivity contribution >= 4 is 22.8 Å². The minimum atomic E-state index is -0.383. The maximum absolute atomic E-state index is 13.6. The maximum atomic E-state index is 13.6. The number of hydrogen-bond acceptors (Lipinski definition) is 5. The number of hydrogen-bond donors (Lipinski definition) is 2. The number of halogens is 1. The summed E-state index contributed by atoms with van der Waals surface area (Å²) >= 11 is 0. The zero-order valence-corrected chi connectivity index (χ0v) is 23.4. The van der Waals surface area contributed by atoms with Gasteiger partial charge in [-0.2, -0.15) is 0 Å². The summed E-state index contributed by atoms with van der Waals surface area (Å²) in [7, 11) is 3.11. The monoisotopic (exact) mass is 556 g/mol. The quantitative estimate of drug-likeness (QED) is 0.251. The Hall–Kier alpha value is -4.33. The highest BCUT2D eigenvalue weighted by Gasteiger charge is 2.48. The van der Waals surface area contributed by atoms with Crippen molar-refractivity contribution in [1.29, 1.82) is 0 Å². The smallest absolute Gasteiger partial charge is 0.255 e. The van der Waals surface area contributed by atoms with Gasteiger partial charge < -0.3 is 24.5 Å². The number of nitrogens with one attached hydrogen (secondary N) is 2. The first-order valence-corrected chi connectivity index (χ1v) is 14.1. The van der Waals surface area contributed by atoms with E-state index in [9.17, 15) is 14.0 Å². The predicted octanol–water partition coefficient (Wildman–Crippen LogP) is 6.74. The Bertz CT molecular complexity index is 1630. The van der Waals surface area contributed by atoms with Crippen LogP contribution in [0, 0.1) is 11.7 Å². The molecule has 7 nitrogen and oxygen atoms in total. The molecule has 0 unspecified atom stereocenters. The van der Waals surface area contributed by atoms with Gasteiger partial charge in [0.25, 0.3) is 11.8 Å². The SMILES string of the molecule is CCOc1cc2oc(-c3ccc(F)cc3)c(C(=O)NC)c2cc1-c1ccc(OC)c(C(=O)NC23CCCC(C2)C3)c1. The van der Waals surface area contributed by atoms with Gasteiger partial charge in [-0.25, -0.2) is 4.39 Å². The summed E-state index contributed by atoms with van der Waals surface area (Å²) in [6.45, 7) is 2.29. The second-order valence-corrected chi connectivity index (χ2v) is 11.0. The zero-order valence-electron chi connectivity index (χ0n) is 23.4. The van der Waals surface area contributed by atoms with Crippen LogP contribution in [-0.4, -0.2) is 38.1 Å². The Labute approximate surface area is 238 Å². The Morgan fingerprint density at radius 1 is 1.02 bits per heavy atom. The van der Waals surface area contributed by atoms with E-state index >= 15 is 0 Å². The van der Waals surface area contributed by atoms with Crippen LogP contribution in [0.5, 0.6) is 11.5 Å². The molecule has 3 aromatic carbocycles. The standard InChI is InChI=1S/C33H33FN2O5/c1-4-40-27-16-28-24(29(32(38)35-2)30(41-28)20-7-10-22(34)11-8-20)15-23(27)21-9-12-26(39-3)25(14-21)31(37)36-33-13-5-6-19(17-33)18-33/h7-12,14-16,19H,4-6,13,17-18H2,1-3H3,(H,35,38)(H,36,37). The van der Waals surface area contributed by atoms with Crippen LogP contribution in [-0.2, 0) is 0 Å². The van der Waals surface area contributed by atoms with Gasteiger partial charge in [0.05, 0.1) is 24.8 Å². The van der Waals surface area contributed by atoms with Gasteiger partial charge in [0.2, 0.25) is 0 Å². The molecule has 2 bridgehead atoms.